The van der Waals surface area contributed by atoms with Gasteiger partial charge in [-0.15, -0.1) is 0 Å². The molecule has 0 saturated carbocycles. The number of amides is 1. The standard InChI is InChI=1S/C16H23ClN4O/c1-10-11(2)21(8-7-18-10)16(22)15-9-14(19-20-15)12-3-5-13(17)6-4-12/h3-6,10-11,14-15,18-20H,7-9H2,1-2H3. The van der Waals surface area contributed by atoms with Crippen LogP contribution in [-0.2, 0) is 4.79 Å². The van der Waals surface area contributed by atoms with Crippen LogP contribution in [-0.4, -0.2) is 42.0 Å². The molecule has 6 heteroatoms. The van der Waals surface area contributed by atoms with Crippen molar-refractivity contribution in [2.45, 2.75) is 44.4 Å². The van der Waals surface area contributed by atoms with E-state index < -0.39 is 0 Å². The van der Waals surface area contributed by atoms with Crippen molar-refractivity contribution in [2.75, 3.05) is 13.1 Å². The molecule has 2 heterocycles. The van der Waals surface area contributed by atoms with E-state index in [0.29, 0.717) is 6.04 Å². The zero-order valence-corrected chi connectivity index (χ0v) is 13.7. The first kappa shape index (κ1) is 15.7. The van der Waals surface area contributed by atoms with Gasteiger partial charge in [0.1, 0.15) is 6.04 Å². The minimum Gasteiger partial charge on any atom is -0.336 e. The van der Waals surface area contributed by atoms with Gasteiger partial charge in [-0.25, -0.2) is 10.9 Å². The van der Waals surface area contributed by atoms with Crippen molar-refractivity contribution in [3.63, 3.8) is 0 Å². The van der Waals surface area contributed by atoms with Gasteiger partial charge in [0.2, 0.25) is 5.91 Å². The maximum absolute atomic E-state index is 12.8. The lowest BCUT2D eigenvalue weighted by atomic mass is 10.00. The topological polar surface area (TPSA) is 56.4 Å². The summed E-state index contributed by atoms with van der Waals surface area (Å²) in [7, 11) is 0. The number of hydrogen-bond donors (Lipinski definition) is 3. The molecule has 2 fully saturated rings. The Bertz CT molecular complexity index is 535. The van der Waals surface area contributed by atoms with Gasteiger partial charge in [-0.1, -0.05) is 23.7 Å². The molecule has 3 N–H and O–H groups in total. The first-order chi connectivity index (χ1) is 10.6. The van der Waals surface area contributed by atoms with E-state index in [-0.39, 0.29) is 24.0 Å². The fourth-order valence-corrected chi connectivity index (χ4v) is 3.33. The largest absolute Gasteiger partial charge is 0.336 e. The van der Waals surface area contributed by atoms with Crippen molar-refractivity contribution in [3.05, 3.63) is 34.9 Å². The number of rotatable bonds is 2. The highest BCUT2D eigenvalue weighted by Gasteiger charge is 2.36. The van der Waals surface area contributed by atoms with Crippen LogP contribution < -0.4 is 16.2 Å². The average Bonchev–Trinajstić information content (AvgIpc) is 3.00. The van der Waals surface area contributed by atoms with E-state index in [0.717, 1.165) is 30.1 Å². The molecule has 0 spiro atoms. The van der Waals surface area contributed by atoms with Gasteiger partial charge in [0.25, 0.3) is 0 Å². The maximum Gasteiger partial charge on any atom is 0.241 e. The molecule has 4 unspecified atom stereocenters. The fraction of sp³-hybridized carbons (Fsp3) is 0.562. The van der Waals surface area contributed by atoms with Crippen molar-refractivity contribution in [1.29, 1.82) is 0 Å². The van der Waals surface area contributed by atoms with Crippen molar-refractivity contribution >= 4 is 17.5 Å². The molecule has 1 aromatic carbocycles. The molecule has 1 aromatic rings. The Labute approximate surface area is 136 Å². The SMILES string of the molecule is CC1NCCN(C(=O)C2CC(c3ccc(Cl)cc3)NN2)C1C. The lowest BCUT2D eigenvalue weighted by Gasteiger charge is -2.39. The van der Waals surface area contributed by atoms with Crippen LogP contribution >= 0.6 is 11.6 Å². The summed E-state index contributed by atoms with van der Waals surface area (Å²) < 4.78 is 0. The van der Waals surface area contributed by atoms with Crippen LogP contribution in [0.2, 0.25) is 5.02 Å². The van der Waals surface area contributed by atoms with E-state index in [1.165, 1.54) is 0 Å². The van der Waals surface area contributed by atoms with Crippen LogP contribution in [0.25, 0.3) is 0 Å². The predicted molar refractivity (Wildman–Crippen MR) is 87.5 cm³/mol. The van der Waals surface area contributed by atoms with Crippen LogP contribution in [0.1, 0.15) is 31.9 Å². The quantitative estimate of drug-likeness (QED) is 0.771. The number of hydrazine groups is 1. The number of nitrogens with zero attached hydrogens (tertiary/aromatic N) is 1. The Kier molecular flexibility index (Phi) is 4.68. The molecule has 2 aliphatic heterocycles. The van der Waals surface area contributed by atoms with Gasteiger partial charge < -0.3 is 10.2 Å². The summed E-state index contributed by atoms with van der Waals surface area (Å²) >= 11 is 5.93. The third kappa shape index (κ3) is 3.13. The molecular formula is C16H23ClN4O. The number of halogens is 1. The van der Waals surface area contributed by atoms with E-state index in [1.807, 2.05) is 29.2 Å². The van der Waals surface area contributed by atoms with Gasteiger partial charge in [0.15, 0.2) is 0 Å². The predicted octanol–water partition coefficient (Wildman–Crippen LogP) is 1.46. The number of nitrogens with one attached hydrogen (secondary N) is 3. The van der Waals surface area contributed by atoms with Crippen molar-refractivity contribution in [3.8, 4) is 0 Å². The Hall–Kier alpha value is -1.14. The molecule has 0 radical (unpaired) electrons. The number of carbonyl (C=O) groups is 1. The molecule has 1 amide bonds. The van der Waals surface area contributed by atoms with Crippen molar-refractivity contribution in [2.24, 2.45) is 0 Å². The van der Waals surface area contributed by atoms with Crippen LogP contribution in [0.3, 0.4) is 0 Å². The lowest BCUT2D eigenvalue weighted by Crippen LogP contribution is -2.60. The Morgan fingerprint density at radius 1 is 1.23 bits per heavy atom. The summed E-state index contributed by atoms with van der Waals surface area (Å²) in [6, 6.07) is 8.29. The Morgan fingerprint density at radius 2 is 1.95 bits per heavy atom. The van der Waals surface area contributed by atoms with Gasteiger partial charge in [0.05, 0.1) is 0 Å². The van der Waals surface area contributed by atoms with E-state index in [2.05, 4.69) is 30.0 Å². The van der Waals surface area contributed by atoms with Gasteiger partial charge in [-0.2, -0.15) is 0 Å². The van der Waals surface area contributed by atoms with Crippen molar-refractivity contribution in [1.82, 2.24) is 21.1 Å². The van der Waals surface area contributed by atoms with Gasteiger partial charge >= 0.3 is 0 Å². The molecule has 0 aromatic heterocycles. The summed E-state index contributed by atoms with van der Waals surface area (Å²) in [6.07, 6.45) is 0.755. The highest BCUT2D eigenvalue weighted by atomic mass is 35.5. The van der Waals surface area contributed by atoms with Gasteiger partial charge in [-0.3, -0.25) is 4.79 Å². The van der Waals surface area contributed by atoms with Crippen LogP contribution in [0.5, 0.6) is 0 Å². The molecule has 2 saturated heterocycles. The molecule has 5 nitrogen and oxygen atoms in total. The summed E-state index contributed by atoms with van der Waals surface area (Å²) in [5.74, 6) is 0.185. The molecule has 4 atom stereocenters. The molecule has 22 heavy (non-hydrogen) atoms. The minimum atomic E-state index is -0.173. The number of benzene rings is 1. The van der Waals surface area contributed by atoms with Crippen LogP contribution in [0.15, 0.2) is 24.3 Å². The monoisotopic (exact) mass is 322 g/mol. The highest BCUT2D eigenvalue weighted by molar-refractivity contribution is 6.30. The summed E-state index contributed by atoms with van der Waals surface area (Å²) in [5, 5.41) is 4.13. The third-order valence-electron chi connectivity index (χ3n) is 4.79. The molecule has 120 valence electrons. The highest BCUT2D eigenvalue weighted by Crippen LogP contribution is 2.25. The number of hydrogen-bond acceptors (Lipinski definition) is 4. The average molecular weight is 323 g/mol. The summed E-state index contributed by atoms with van der Waals surface area (Å²) in [5.41, 5.74) is 7.54. The van der Waals surface area contributed by atoms with E-state index >= 15 is 0 Å². The molecule has 0 aliphatic carbocycles. The van der Waals surface area contributed by atoms with Gasteiger partial charge in [0, 0.05) is 36.2 Å². The number of carbonyl (C=O) groups excluding carboxylic acids is 1. The molecule has 0 bridgehead atoms. The Balaban J connectivity index is 1.64. The summed E-state index contributed by atoms with van der Waals surface area (Å²) in [4.78, 5) is 14.8. The second-order valence-corrected chi connectivity index (χ2v) is 6.63. The number of piperazine rings is 1. The fourth-order valence-electron chi connectivity index (χ4n) is 3.20. The van der Waals surface area contributed by atoms with E-state index in [1.54, 1.807) is 0 Å². The van der Waals surface area contributed by atoms with E-state index in [9.17, 15) is 4.79 Å². The first-order valence-corrected chi connectivity index (χ1v) is 8.24. The van der Waals surface area contributed by atoms with Crippen LogP contribution in [0, 0.1) is 0 Å². The smallest absolute Gasteiger partial charge is 0.241 e. The van der Waals surface area contributed by atoms with Gasteiger partial charge in [-0.05, 0) is 38.0 Å². The minimum absolute atomic E-state index is 0.141. The molecule has 2 aliphatic rings. The summed E-state index contributed by atoms with van der Waals surface area (Å²) in [6.45, 7) is 5.86. The first-order valence-electron chi connectivity index (χ1n) is 7.86. The maximum atomic E-state index is 12.8. The Morgan fingerprint density at radius 3 is 2.68 bits per heavy atom. The second-order valence-electron chi connectivity index (χ2n) is 6.20. The zero-order valence-electron chi connectivity index (χ0n) is 13.0. The van der Waals surface area contributed by atoms with Crippen LogP contribution in [0.4, 0.5) is 0 Å². The molecular weight excluding hydrogens is 300 g/mol. The second kappa shape index (κ2) is 6.54. The van der Waals surface area contributed by atoms with Crippen molar-refractivity contribution < 1.29 is 4.79 Å². The lowest BCUT2D eigenvalue weighted by molar-refractivity contribution is -0.136. The molecule has 3 rings (SSSR count). The third-order valence-corrected chi connectivity index (χ3v) is 5.04. The zero-order chi connectivity index (χ0) is 15.7. The normalized spacial score (nSPS) is 32.2. The van der Waals surface area contributed by atoms with E-state index in [4.69, 9.17) is 11.6 Å².